The van der Waals surface area contributed by atoms with Gasteiger partial charge in [0.25, 0.3) is 0 Å². The number of hydrogen-bond donors (Lipinski definition) is 1. The zero-order valence-corrected chi connectivity index (χ0v) is 11.2. The monoisotopic (exact) mass is 243 g/mol. The Labute approximate surface area is 110 Å². The van der Waals surface area contributed by atoms with Gasteiger partial charge in [0.05, 0.1) is 0 Å². The van der Waals surface area contributed by atoms with Crippen LogP contribution in [0.1, 0.15) is 25.0 Å². The molecule has 1 aromatic rings. The van der Waals surface area contributed by atoms with Crippen LogP contribution in [-0.2, 0) is 6.54 Å². The Hall–Kier alpha value is -1.30. The van der Waals surface area contributed by atoms with Gasteiger partial charge in [-0.25, -0.2) is 0 Å². The molecule has 2 nitrogen and oxygen atoms in total. The Morgan fingerprint density at radius 1 is 1.28 bits per heavy atom. The van der Waals surface area contributed by atoms with Crippen molar-refractivity contribution in [2.45, 2.75) is 20.4 Å². The molecule has 0 spiro atoms. The van der Waals surface area contributed by atoms with Crippen molar-refractivity contribution >= 4 is 0 Å². The molecule has 0 bridgehead atoms. The molecule has 1 N–H and O–H groups in total. The van der Waals surface area contributed by atoms with Gasteiger partial charge in [0.1, 0.15) is 0 Å². The lowest BCUT2D eigenvalue weighted by Gasteiger charge is -2.38. The van der Waals surface area contributed by atoms with Crippen molar-refractivity contribution < 1.29 is 5.11 Å². The van der Waals surface area contributed by atoms with Gasteiger partial charge in [0, 0.05) is 43.6 Å². The van der Waals surface area contributed by atoms with Gasteiger partial charge in [-0.3, -0.25) is 4.90 Å². The number of nitrogens with zero attached hydrogens (tertiary/aromatic N) is 1. The number of aliphatic hydroxyl groups excluding tert-OH is 1. The summed E-state index contributed by atoms with van der Waals surface area (Å²) in [6.07, 6.45) is 0. The van der Waals surface area contributed by atoms with E-state index in [-0.39, 0.29) is 0 Å². The van der Waals surface area contributed by atoms with Crippen LogP contribution in [0.3, 0.4) is 0 Å². The Bertz CT molecular complexity index is 432. The standard InChI is InChI=1S/C16H21NO/c1-13(2)3-4-14-5-7-15(8-6-14)9-17-10-16(11-17)12-18/h5-8,13,16,18H,9-12H2,1-2H3. The first-order chi connectivity index (χ1) is 8.67. The number of benzene rings is 1. The lowest BCUT2D eigenvalue weighted by atomic mass is 10.0. The van der Waals surface area contributed by atoms with Crippen LogP contribution in [0.15, 0.2) is 24.3 Å². The van der Waals surface area contributed by atoms with Crippen LogP contribution < -0.4 is 0 Å². The fraction of sp³-hybridized carbons (Fsp3) is 0.500. The molecule has 1 aromatic carbocycles. The summed E-state index contributed by atoms with van der Waals surface area (Å²) in [5.74, 6) is 7.25. The van der Waals surface area contributed by atoms with Gasteiger partial charge in [-0.1, -0.05) is 37.8 Å². The van der Waals surface area contributed by atoms with Crippen LogP contribution in [0.5, 0.6) is 0 Å². The zero-order valence-electron chi connectivity index (χ0n) is 11.2. The van der Waals surface area contributed by atoms with E-state index in [9.17, 15) is 0 Å². The van der Waals surface area contributed by atoms with Crippen LogP contribution in [0.4, 0.5) is 0 Å². The van der Waals surface area contributed by atoms with Gasteiger partial charge in [0.2, 0.25) is 0 Å². The van der Waals surface area contributed by atoms with Gasteiger partial charge in [-0.05, 0) is 17.7 Å². The van der Waals surface area contributed by atoms with Crippen molar-refractivity contribution in [2.24, 2.45) is 11.8 Å². The summed E-state index contributed by atoms with van der Waals surface area (Å²) in [5.41, 5.74) is 2.41. The van der Waals surface area contributed by atoms with Crippen molar-refractivity contribution in [3.63, 3.8) is 0 Å². The third-order valence-electron chi connectivity index (χ3n) is 3.16. The van der Waals surface area contributed by atoms with Gasteiger partial charge >= 0.3 is 0 Å². The van der Waals surface area contributed by atoms with Crippen molar-refractivity contribution in [1.29, 1.82) is 0 Å². The van der Waals surface area contributed by atoms with E-state index in [4.69, 9.17) is 5.11 Å². The van der Waals surface area contributed by atoms with Crippen LogP contribution in [0.2, 0.25) is 0 Å². The maximum Gasteiger partial charge on any atom is 0.0483 e. The molecule has 0 amide bonds. The molecule has 0 saturated carbocycles. The molecule has 2 rings (SSSR count). The highest BCUT2D eigenvalue weighted by atomic mass is 16.3. The lowest BCUT2D eigenvalue weighted by Crippen LogP contribution is -2.47. The van der Waals surface area contributed by atoms with E-state index >= 15 is 0 Å². The molecule has 0 unspecified atom stereocenters. The number of rotatable bonds is 3. The summed E-state index contributed by atoms with van der Waals surface area (Å²) in [5, 5.41) is 8.97. The second-order valence-corrected chi connectivity index (χ2v) is 5.36. The van der Waals surface area contributed by atoms with Crippen LogP contribution in [0.25, 0.3) is 0 Å². The van der Waals surface area contributed by atoms with E-state index in [2.05, 4.69) is 54.9 Å². The largest absolute Gasteiger partial charge is 0.396 e. The second kappa shape index (κ2) is 6.04. The Balaban J connectivity index is 1.87. The summed E-state index contributed by atoms with van der Waals surface area (Å²) in [7, 11) is 0. The zero-order chi connectivity index (χ0) is 13.0. The van der Waals surface area contributed by atoms with E-state index < -0.39 is 0 Å². The van der Waals surface area contributed by atoms with Gasteiger partial charge < -0.3 is 5.11 Å². The summed E-state index contributed by atoms with van der Waals surface area (Å²) in [4.78, 5) is 2.36. The minimum Gasteiger partial charge on any atom is -0.396 e. The van der Waals surface area contributed by atoms with E-state index in [1.54, 1.807) is 0 Å². The predicted molar refractivity (Wildman–Crippen MR) is 74.0 cm³/mol. The summed E-state index contributed by atoms with van der Waals surface area (Å²) < 4.78 is 0. The molecule has 1 heterocycles. The Morgan fingerprint density at radius 3 is 2.50 bits per heavy atom. The average molecular weight is 243 g/mol. The van der Waals surface area contributed by atoms with Gasteiger partial charge in [-0.15, -0.1) is 0 Å². The molecule has 2 heteroatoms. The lowest BCUT2D eigenvalue weighted by molar-refractivity contribution is 0.0479. The highest BCUT2D eigenvalue weighted by molar-refractivity contribution is 5.36. The number of hydrogen-bond acceptors (Lipinski definition) is 2. The van der Waals surface area contributed by atoms with Gasteiger partial charge in [0.15, 0.2) is 0 Å². The normalized spacial score (nSPS) is 16.2. The minimum atomic E-state index is 0.320. The van der Waals surface area contributed by atoms with Crippen molar-refractivity contribution in [2.75, 3.05) is 19.7 Å². The SMILES string of the molecule is CC(C)C#Cc1ccc(CN2CC(CO)C2)cc1. The maximum absolute atomic E-state index is 8.97. The first-order valence-electron chi connectivity index (χ1n) is 6.61. The number of aliphatic hydroxyl groups is 1. The Kier molecular flexibility index (Phi) is 4.41. The molecular weight excluding hydrogens is 222 g/mol. The summed E-state index contributed by atoms with van der Waals surface area (Å²) in [6.45, 7) is 7.54. The molecule has 1 aliphatic rings. The van der Waals surface area contributed by atoms with Gasteiger partial charge in [-0.2, -0.15) is 0 Å². The van der Waals surface area contributed by atoms with E-state index in [0.717, 1.165) is 25.2 Å². The van der Waals surface area contributed by atoms with Crippen LogP contribution in [0, 0.1) is 23.7 Å². The second-order valence-electron chi connectivity index (χ2n) is 5.36. The number of likely N-dealkylation sites (tertiary alicyclic amines) is 1. The highest BCUT2D eigenvalue weighted by Gasteiger charge is 2.25. The predicted octanol–water partition coefficient (Wildman–Crippen LogP) is 2.12. The Morgan fingerprint density at radius 2 is 1.94 bits per heavy atom. The average Bonchev–Trinajstić information content (AvgIpc) is 2.32. The molecule has 0 radical (unpaired) electrons. The van der Waals surface area contributed by atoms with E-state index in [0.29, 0.717) is 18.4 Å². The van der Waals surface area contributed by atoms with E-state index in [1.165, 1.54) is 5.56 Å². The molecule has 0 aromatic heterocycles. The molecular formula is C16H21NO. The molecule has 0 aliphatic carbocycles. The van der Waals surface area contributed by atoms with Crippen molar-refractivity contribution in [1.82, 2.24) is 4.90 Å². The maximum atomic E-state index is 8.97. The van der Waals surface area contributed by atoms with E-state index in [1.807, 2.05) is 0 Å². The fourth-order valence-corrected chi connectivity index (χ4v) is 2.10. The van der Waals surface area contributed by atoms with Crippen LogP contribution in [-0.4, -0.2) is 29.7 Å². The molecule has 18 heavy (non-hydrogen) atoms. The first-order valence-corrected chi connectivity index (χ1v) is 6.61. The third-order valence-corrected chi connectivity index (χ3v) is 3.16. The minimum absolute atomic E-state index is 0.320. The topological polar surface area (TPSA) is 23.5 Å². The van der Waals surface area contributed by atoms with Crippen LogP contribution >= 0.6 is 0 Å². The fourth-order valence-electron chi connectivity index (χ4n) is 2.10. The summed E-state index contributed by atoms with van der Waals surface area (Å²) in [6, 6.07) is 8.48. The highest BCUT2D eigenvalue weighted by Crippen LogP contribution is 2.18. The molecule has 96 valence electrons. The molecule has 1 fully saturated rings. The quantitative estimate of drug-likeness (QED) is 0.822. The summed E-state index contributed by atoms with van der Waals surface area (Å²) >= 11 is 0. The third kappa shape index (κ3) is 3.60. The molecule has 1 aliphatic heterocycles. The molecule has 1 saturated heterocycles. The van der Waals surface area contributed by atoms with Crippen molar-refractivity contribution in [3.05, 3.63) is 35.4 Å². The first kappa shape index (κ1) is 13.1. The van der Waals surface area contributed by atoms with Crippen molar-refractivity contribution in [3.8, 4) is 11.8 Å². The smallest absolute Gasteiger partial charge is 0.0483 e. The molecule has 0 atom stereocenters.